The Morgan fingerprint density at radius 3 is 2.75 bits per heavy atom. The molecule has 2 aromatic rings. The van der Waals surface area contributed by atoms with E-state index >= 15 is 0 Å². The van der Waals surface area contributed by atoms with Gasteiger partial charge in [0.1, 0.15) is 17.9 Å². The molecule has 0 radical (unpaired) electrons. The fourth-order valence-electron chi connectivity index (χ4n) is 3.15. The van der Waals surface area contributed by atoms with Gasteiger partial charge in [-0.1, -0.05) is 18.2 Å². The highest BCUT2D eigenvalue weighted by Gasteiger charge is 2.32. The van der Waals surface area contributed by atoms with Gasteiger partial charge in [0.2, 0.25) is 5.91 Å². The zero-order valence-corrected chi connectivity index (χ0v) is 14.3. The van der Waals surface area contributed by atoms with Crippen LogP contribution < -0.4 is 9.64 Å². The van der Waals surface area contributed by atoms with Gasteiger partial charge in [-0.2, -0.15) is 0 Å². The second-order valence-electron chi connectivity index (χ2n) is 5.93. The SMILES string of the molecule is COc1ccccc1C1CN(C(C)=O)CCN1c1cc(C)ncn1. The number of carbonyl (C=O) groups excluding carboxylic acids is 1. The van der Waals surface area contributed by atoms with Crippen molar-refractivity contribution in [2.24, 2.45) is 0 Å². The number of amides is 1. The van der Waals surface area contributed by atoms with Gasteiger partial charge in [0.25, 0.3) is 0 Å². The molecule has 24 heavy (non-hydrogen) atoms. The first-order valence-corrected chi connectivity index (χ1v) is 8.04. The van der Waals surface area contributed by atoms with Crippen molar-refractivity contribution in [1.29, 1.82) is 0 Å². The summed E-state index contributed by atoms with van der Waals surface area (Å²) >= 11 is 0. The monoisotopic (exact) mass is 326 g/mol. The van der Waals surface area contributed by atoms with E-state index in [4.69, 9.17) is 4.74 Å². The summed E-state index contributed by atoms with van der Waals surface area (Å²) in [5, 5.41) is 0. The van der Waals surface area contributed by atoms with Gasteiger partial charge in [0.05, 0.1) is 13.2 Å². The predicted octanol–water partition coefficient (Wildman–Crippen LogP) is 2.20. The van der Waals surface area contributed by atoms with E-state index in [0.717, 1.165) is 29.4 Å². The van der Waals surface area contributed by atoms with Gasteiger partial charge in [-0.3, -0.25) is 4.79 Å². The molecular formula is C18H22N4O2. The first kappa shape index (κ1) is 16.2. The fourth-order valence-corrected chi connectivity index (χ4v) is 3.15. The number of ether oxygens (including phenoxy) is 1. The van der Waals surface area contributed by atoms with Crippen LogP contribution in [0.2, 0.25) is 0 Å². The van der Waals surface area contributed by atoms with E-state index in [2.05, 4.69) is 14.9 Å². The molecule has 1 fully saturated rings. The quantitative estimate of drug-likeness (QED) is 0.865. The summed E-state index contributed by atoms with van der Waals surface area (Å²) in [4.78, 5) is 24.6. The third kappa shape index (κ3) is 3.18. The van der Waals surface area contributed by atoms with Crippen molar-refractivity contribution < 1.29 is 9.53 Å². The highest BCUT2D eigenvalue weighted by Crippen LogP contribution is 2.34. The van der Waals surface area contributed by atoms with Crippen LogP contribution in [0.25, 0.3) is 0 Å². The predicted molar refractivity (Wildman–Crippen MR) is 92.1 cm³/mol. The molecule has 0 saturated carbocycles. The number of piperazine rings is 1. The number of aromatic nitrogens is 2. The molecule has 2 heterocycles. The lowest BCUT2D eigenvalue weighted by Gasteiger charge is -2.42. The first-order chi connectivity index (χ1) is 11.6. The van der Waals surface area contributed by atoms with Gasteiger partial charge in [-0.05, 0) is 13.0 Å². The standard InChI is InChI=1S/C18H22N4O2/c1-13-10-18(20-12-19-13)22-9-8-21(14(2)23)11-16(22)15-6-4-5-7-17(15)24-3/h4-7,10,12,16H,8-9,11H2,1-3H3. The molecular weight excluding hydrogens is 304 g/mol. The van der Waals surface area contributed by atoms with E-state index in [-0.39, 0.29) is 11.9 Å². The maximum absolute atomic E-state index is 11.9. The number of hydrogen-bond donors (Lipinski definition) is 0. The molecule has 6 nitrogen and oxygen atoms in total. The number of anilines is 1. The van der Waals surface area contributed by atoms with Crippen LogP contribution >= 0.6 is 0 Å². The smallest absolute Gasteiger partial charge is 0.219 e. The molecule has 1 unspecified atom stereocenters. The van der Waals surface area contributed by atoms with E-state index in [0.29, 0.717) is 13.1 Å². The van der Waals surface area contributed by atoms with Crippen molar-refractivity contribution in [2.45, 2.75) is 19.9 Å². The minimum Gasteiger partial charge on any atom is -0.496 e. The van der Waals surface area contributed by atoms with Crippen LogP contribution in [-0.4, -0.2) is 47.5 Å². The topological polar surface area (TPSA) is 58.6 Å². The van der Waals surface area contributed by atoms with Crippen molar-refractivity contribution in [2.75, 3.05) is 31.6 Å². The normalized spacial score (nSPS) is 17.7. The molecule has 1 aromatic carbocycles. The number of aryl methyl sites for hydroxylation is 1. The molecule has 0 aliphatic carbocycles. The second kappa shape index (κ2) is 6.86. The van der Waals surface area contributed by atoms with Gasteiger partial charge in [-0.25, -0.2) is 9.97 Å². The number of nitrogens with zero attached hydrogens (tertiary/aromatic N) is 4. The third-order valence-corrected chi connectivity index (χ3v) is 4.41. The largest absolute Gasteiger partial charge is 0.496 e. The number of benzene rings is 1. The lowest BCUT2D eigenvalue weighted by Crippen LogP contribution is -2.50. The minimum atomic E-state index is -0.00639. The Bertz CT molecular complexity index is 734. The average Bonchev–Trinajstić information content (AvgIpc) is 2.61. The van der Waals surface area contributed by atoms with E-state index in [1.54, 1.807) is 20.4 Å². The minimum absolute atomic E-state index is 0.00639. The summed E-state index contributed by atoms with van der Waals surface area (Å²) in [6.45, 7) is 5.58. The Kier molecular flexibility index (Phi) is 4.64. The highest BCUT2D eigenvalue weighted by molar-refractivity contribution is 5.73. The summed E-state index contributed by atoms with van der Waals surface area (Å²) in [5.74, 6) is 1.79. The van der Waals surface area contributed by atoms with Crippen LogP contribution in [0.4, 0.5) is 5.82 Å². The fraction of sp³-hybridized carbons (Fsp3) is 0.389. The van der Waals surface area contributed by atoms with Crippen molar-refractivity contribution in [1.82, 2.24) is 14.9 Å². The van der Waals surface area contributed by atoms with E-state index in [1.807, 2.05) is 42.2 Å². The van der Waals surface area contributed by atoms with Gasteiger partial charge in [0, 0.05) is 43.9 Å². The summed E-state index contributed by atoms with van der Waals surface area (Å²) < 4.78 is 5.54. The Morgan fingerprint density at radius 2 is 2.04 bits per heavy atom. The van der Waals surface area contributed by atoms with Crippen LogP contribution in [0, 0.1) is 6.92 Å². The Hall–Kier alpha value is -2.63. The summed E-state index contributed by atoms with van der Waals surface area (Å²) in [6, 6.07) is 9.92. The maximum atomic E-state index is 11.9. The molecule has 1 aliphatic rings. The molecule has 0 spiro atoms. The van der Waals surface area contributed by atoms with E-state index in [9.17, 15) is 4.79 Å². The second-order valence-corrected chi connectivity index (χ2v) is 5.93. The van der Waals surface area contributed by atoms with Crippen LogP contribution in [0.15, 0.2) is 36.7 Å². The number of methoxy groups -OCH3 is 1. The summed E-state index contributed by atoms with van der Waals surface area (Å²) in [5.41, 5.74) is 1.98. The number of rotatable bonds is 3. The van der Waals surface area contributed by atoms with Crippen LogP contribution in [0.3, 0.4) is 0 Å². The van der Waals surface area contributed by atoms with Crippen LogP contribution in [0.5, 0.6) is 5.75 Å². The lowest BCUT2D eigenvalue weighted by atomic mass is 10.0. The molecule has 6 heteroatoms. The number of hydrogen-bond acceptors (Lipinski definition) is 5. The molecule has 3 rings (SSSR count). The van der Waals surface area contributed by atoms with Crippen molar-refractivity contribution in [3.05, 3.63) is 47.9 Å². The molecule has 1 aromatic heterocycles. The van der Waals surface area contributed by atoms with Crippen LogP contribution in [-0.2, 0) is 4.79 Å². The van der Waals surface area contributed by atoms with Gasteiger partial charge >= 0.3 is 0 Å². The van der Waals surface area contributed by atoms with Crippen LogP contribution in [0.1, 0.15) is 24.2 Å². The molecule has 0 N–H and O–H groups in total. The first-order valence-electron chi connectivity index (χ1n) is 8.04. The maximum Gasteiger partial charge on any atom is 0.219 e. The summed E-state index contributed by atoms with van der Waals surface area (Å²) in [7, 11) is 1.67. The molecule has 126 valence electrons. The zero-order chi connectivity index (χ0) is 17.1. The molecule has 1 amide bonds. The van der Waals surface area contributed by atoms with E-state index in [1.165, 1.54) is 0 Å². The molecule has 1 saturated heterocycles. The van der Waals surface area contributed by atoms with Gasteiger partial charge in [-0.15, -0.1) is 0 Å². The molecule has 1 aliphatic heterocycles. The summed E-state index contributed by atoms with van der Waals surface area (Å²) in [6.07, 6.45) is 1.58. The van der Waals surface area contributed by atoms with Crippen molar-refractivity contribution >= 4 is 11.7 Å². The Labute approximate surface area is 142 Å². The zero-order valence-electron chi connectivity index (χ0n) is 14.3. The number of carbonyl (C=O) groups is 1. The average molecular weight is 326 g/mol. The van der Waals surface area contributed by atoms with Crippen molar-refractivity contribution in [3.8, 4) is 5.75 Å². The third-order valence-electron chi connectivity index (χ3n) is 4.41. The lowest BCUT2D eigenvalue weighted by molar-refractivity contribution is -0.129. The van der Waals surface area contributed by atoms with Gasteiger partial charge < -0.3 is 14.5 Å². The van der Waals surface area contributed by atoms with E-state index < -0.39 is 0 Å². The molecule has 0 bridgehead atoms. The highest BCUT2D eigenvalue weighted by atomic mass is 16.5. The Morgan fingerprint density at radius 1 is 1.25 bits per heavy atom. The Balaban J connectivity index is 2.02. The van der Waals surface area contributed by atoms with Gasteiger partial charge in [0.15, 0.2) is 0 Å². The van der Waals surface area contributed by atoms with Crippen molar-refractivity contribution in [3.63, 3.8) is 0 Å². The number of para-hydroxylation sites is 1. The molecule has 1 atom stereocenters.